The zero-order valence-electron chi connectivity index (χ0n) is 7.23. The second-order valence-corrected chi connectivity index (χ2v) is 6.04. The van der Waals surface area contributed by atoms with Gasteiger partial charge < -0.3 is 0 Å². The van der Waals surface area contributed by atoms with Crippen LogP contribution in [0.5, 0.6) is 0 Å². The number of rotatable bonds is 1. The third-order valence-corrected chi connectivity index (χ3v) is 4.13. The Bertz CT molecular complexity index is 492. The second kappa shape index (κ2) is 3.85. The monoisotopic (exact) mass is 343 g/mol. The van der Waals surface area contributed by atoms with Crippen LogP contribution in [0.2, 0.25) is 0 Å². The van der Waals surface area contributed by atoms with Gasteiger partial charge in [-0.25, -0.2) is 0 Å². The minimum absolute atomic E-state index is 0.331. The minimum atomic E-state index is -4.11. The molecule has 1 heterocycles. The number of fused-ring (bicyclic) bond motifs is 1. The van der Waals surface area contributed by atoms with Crippen LogP contribution < -0.4 is 4.46 Å². The van der Waals surface area contributed by atoms with E-state index < -0.39 is 20.0 Å². The molecule has 0 spiro atoms. The summed E-state index contributed by atoms with van der Waals surface area (Å²) in [6.07, 6.45) is 1.43. The number of alkyl halides is 3. The molecule has 0 atom stereocenters. The third kappa shape index (κ3) is 2.38. The molecule has 0 aliphatic carbocycles. The molecule has 0 unspecified atom stereocenters. The van der Waals surface area contributed by atoms with E-state index in [0.29, 0.717) is 14.3 Å². The number of hydrogen-bond donors (Lipinski definition) is 1. The fourth-order valence-electron chi connectivity index (χ4n) is 1.32. The Morgan fingerprint density at radius 2 is 2.00 bits per heavy atom. The Kier molecular flexibility index (Phi) is 2.83. The molecule has 0 aliphatic rings. The topological polar surface area (TPSA) is 15.8 Å². The van der Waals surface area contributed by atoms with E-state index in [1.54, 1.807) is 18.2 Å². The summed E-state index contributed by atoms with van der Waals surface area (Å²) >= 11 is 1.75. The molecule has 0 bridgehead atoms. The van der Waals surface area contributed by atoms with Gasteiger partial charge >= 0.3 is 98.4 Å². The summed E-state index contributed by atoms with van der Waals surface area (Å²) in [6.45, 7) is 0. The number of H-pyrrole nitrogens is 1. The molecule has 2 aromatic rings. The number of aromatic amines is 1. The van der Waals surface area contributed by atoms with Crippen molar-refractivity contribution in [2.75, 3.05) is 0 Å². The summed E-state index contributed by atoms with van der Waals surface area (Å²) < 4.78 is 37.9. The summed E-state index contributed by atoms with van der Waals surface area (Å²) in [5.74, 6) is 0. The molecule has 0 saturated heterocycles. The number of benzene rings is 1. The Labute approximate surface area is 98.3 Å². The van der Waals surface area contributed by atoms with Crippen LogP contribution in [0, 0.1) is 0 Å². The Balaban J connectivity index is 2.53. The summed E-state index contributed by atoms with van der Waals surface area (Å²) in [7, 11) is 0. The van der Waals surface area contributed by atoms with Crippen molar-refractivity contribution >= 4 is 46.3 Å². The molecular formula is C9H5BrF3NSe. The van der Waals surface area contributed by atoms with Crippen molar-refractivity contribution in [3.63, 3.8) is 0 Å². The molecular weight excluding hydrogens is 338 g/mol. The normalized spacial score (nSPS) is 12.3. The SMILES string of the molecule is FC(F)(F)[Se]c1c[nH]c2cccc(Br)c12. The summed E-state index contributed by atoms with van der Waals surface area (Å²) in [5, 5.41) is -3.48. The van der Waals surface area contributed by atoms with Crippen LogP contribution in [0.1, 0.15) is 0 Å². The average molecular weight is 343 g/mol. The molecule has 1 aromatic heterocycles. The van der Waals surface area contributed by atoms with Crippen molar-refractivity contribution in [3.8, 4) is 0 Å². The first kappa shape index (κ1) is 11.0. The van der Waals surface area contributed by atoms with Gasteiger partial charge in [0.1, 0.15) is 0 Å². The quantitative estimate of drug-likeness (QED) is 0.767. The third-order valence-electron chi connectivity index (χ3n) is 1.84. The standard InChI is InChI=1S/C9H5BrF3NSe/c10-5-2-1-3-6-8(5)7(4-14-6)15-9(11,12)13/h1-4,14H. The van der Waals surface area contributed by atoms with Gasteiger partial charge in [0.2, 0.25) is 0 Å². The van der Waals surface area contributed by atoms with Gasteiger partial charge in [-0.1, -0.05) is 0 Å². The number of aromatic nitrogens is 1. The van der Waals surface area contributed by atoms with Crippen LogP contribution in [0.3, 0.4) is 0 Å². The summed E-state index contributed by atoms with van der Waals surface area (Å²) in [6, 6.07) is 5.29. The van der Waals surface area contributed by atoms with Gasteiger partial charge in [-0.3, -0.25) is 0 Å². The van der Waals surface area contributed by atoms with Gasteiger partial charge in [-0.05, 0) is 0 Å². The van der Waals surface area contributed by atoms with E-state index in [2.05, 4.69) is 20.9 Å². The first-order valence-electron chi connectivity index (χ1n) is 3.99. The molecule has 80 valence electrons. The van der Waals surface area contributed by atoms with E-state index in [4.69, 9.17) is 0 Å². The van der Waals surface area contributed by atoms with Crippen molar-refractivity contribution in [2.45, 2.75) is 5.07 Å². The van der Waals surface area contributed by atoms with E-state index in [1.165, 1.54) is 6.20 Å². The van der Waals surface area contributed by atoms with Crippen LogP contribution >= 0.6 is 15.9 Å². The average Bonchev–Trinajstić information content (AvgIpc) is 2.47. The van der Waals surface area contributed by atoms with Crippen molar-refractivity contribution in [3.05, 3.63) is 28.9 Å². The summed E-state index contributed by atoms with van der Waals surface area (Å²) in [4.78, 5) is 2.84. The Morgan fingerprint density at radius 3 is 2.67 bits per heavy atom. The maximum absolute atomic E-state index is 12.3. The van der Waals surface area contributed by atoms with E-state index in [0.717, 1.165) is 5.52 Å². The molecule has 0 radical (unpaired) electrons. The van der Waals surface area contributed by atoms with Crippen molar-refractivity contribution in [1.29, 1.82) is 0 Å². The zero-order chi connectivity index (χ0) is 11.1. The molecule has 0 saturated carbocycles. The van der Waals surface area contributed by atoms with Gasteiger partial charge in [-0.15, -0.1) is 0 Å². The molecule has 6 heteroatoms. The van der Waals surface area contributed by atoms with Gasteiger partial charge in [0.25, 0.3) is 0 Å². The number of nitrogens with one attached hydrogen (secondary N) is 1. The van der Waals surface area contributed by atoms with E-state index in [-0.39, 0.29) is 0 Å². The molecule has 1 nitrogen and oxygen atoms in total. The van der Waals surface area contributed by atoms with Crippen LogP contribution in [-0.4, -0.2) is 25.0 Å². The molecule has 0 amide bonds. The van der Waals surface area contributed by atoms with E-state index >= 15 is 0 Å². The van der Waals surface area contributed by atoms with Gasteiger partial charge in [0.15, 0.2) is 0 Å². The number of halogens is 4. The molecule has 1 N–H and O–H groups in total. The molecule has 2 rings (SSSR count). The van der Waals surface area contributed by atoms with Gasteiger partial charge in [-0.2, -0.15) is 0 Å². The van der Waals surface area contributed by atoms with Crippen LogP contribution in [0.4, 0.5) is 13.2 Å². The van der Waals surface area contributed by atoms with Crippen LogP contribution in [-0.2, 0) is 0 Å². The zero-order valence-corrected chi connectivity index (χ0v) is 10.5. The van der Waals surface area contributed by atoms with Gasteiger partial charge in [0.05, 0.1) is 0 Å². The predicted molar refractivity (Wildman–Crippen MR) is 57.4 cm³/mol. The summed E-state index contributed by atoms with van der Waals surface area (Å²) in [5.41, 5.74) is 0.727. The molecule has 0 fully saturated rings. The molecule has 1 aromatic carbocycles. The fraction of sp³-hybridized carbons (Fsp3) is 0.111. The van der Waals surface area contributed by atoms with E-state index in [9.17, 15) is 13.2 Å². The number of hydrogen-bond acceptors (Lipinski definition) is 0. The van der Waals surface area contributed by atoms with Crippen LogP contribution in [0.15, 0.2) is 28.9 Å². The maximum atomic E-state index is 12.3. The van der Waals surface area contributed by atoms with Crippen LogP contribution in [0.25, 0.3) is 10.9 Å². The van der Waals surface area contributed by atoms with Gasteiger partial charge in [0, 0.05) is 0 Å². The first-order chi connectivity index (χ1) is 6.97. The van der Waals surface area contributed by atoms with Crippen molar-refractivity contribution in [1.82, 2.24) is 4.98 Å². The predicted octanol–water partition coefficient (Wildman–Crippen LogP) is 2.78. The van der Waals surface area contributed by atoms with E-state index in [1.807, 2.05) is 0 Å². The molecule has 0 aliphatic heterocycles. The Morgan fingerprint density at radius 1 is 1.27 bits per heavy atom. The Hall–Kier alpha value is -0.451. The molecule has 15 heavy (non-hydrogen) atoms. The second-order valence-electron chi connectivity index (χ2n) is 2.86. The first-order valence-corrected chi connectivity index (χ1v) is 6.49. The van der Waals surface area contributed by atoms with Crippen molar-refractivity contribution < 1.29 is 13.2 Å². The van der Waals surface area contributed by atoms with Crippen molar-refractivity contribution in [2.24, 2.45) is 0 Å². The fourth-order valence-corrected chi connectivity index (χ4v) is 3.64.